The van der Waals surface area contributed by atoms with Crippen molar-refractivity contribution in [3.05, 3.63) is 54.6 Å². The highest BCUT2D eigenvalue weighted by atomic mass is 19.1. The number of methoxy groups -OCH3 is 1. The highest BCUT2D eigenvalue weighted by Gasteiger charge is 2.19. The van der Waals surface area contributed by atoms with Gasteiger partial charge in [0.25, 0.3) is 0 Å². The Kier molecular flexibility index (Phi) is 4.56. The molecule has 26 heavy (non-hydrogen) atoms. The molecule has 0 spiro atoms. The number of fused-ring (bicyclic) bond motifs is 1. The molecule has 2 heterocycles. The number of hydrogen-bond donors (Lipinski definition) is 0. The summed E-state index contributed by atoms with van der Waals surface area (Å²) in [5.74, 6) is 1.37. The SMILES string of the molecule is COc1ccc(N2CCCN(c3ncnc4c(F)cccc34)CC2)cc1. The van der Waals surface area contributed by atoms with Gasteiger partial charge >= 0.3 is 0 Å². The fraction of sp³-hybridized carbons (Fsp3) is 0.300. The smallest absolute Gasteiger partial charge is 0.149 e. The molecule has 1 fully saturated rings. The number of hydrogen-bond acceptors (Lipinski definition) is 5. The molecule has 6 heteroatoms. The second kappa shape index (κ2) is 7.15. The second-order valence-corrected chi connectivity index (χ2v) is 6.36. The number of benzene rings is 2. The first kappa shape index (κ1) is 16.6. The molecule has 3 aromatic rings. The van der Waals surface area contributed by atoms with Crippen molar-refractivity contribution in [1.82, 2.24) is 9.97 Å². The zero-order valence-corrected chi connectivity index (χ0v) is 14.7. The van der Waals surface area contributed by atoms with Gasteiger partial charge in [-0.3, -0.25) is 0 Å². The van der Waals surface area contributed by atoms with Crippen LogP contribution in [0.25, 0.3) is 10.9 Å². The van der Waals surface area contributed by atoms with Gasteiger partial charge in [-0.1, -0.05) is 6.07 Å². The lowest BCUT2D eigenvalue weighted by molar-refractivity contribution is 0.415. The number of ether oxygens (including phenoxy) is 1. The molecule has 0 aliphatic carbocycles. The number of halogens is 1. The predicted octanol–water partition coefficient (Wildman–Crippen LogP) is 3.49. The topological polar surface area (TPSA) is 41.5 Å². The van der Waals surface area contributed by atoms with Gasteiger partial charge in [-0.05, 0) is 42.8 Å². The molecule has 134 valence electrons. The van der Waals surface area contributed by atoms with E-state index in [1.54, 1.807) is 13.2 Å². The van der Waals surface area contributed by atoms with Crippen LogP contribution >= 0.6 is 0 Å². The van der Waals surface area contributed by atoms with Crippen LogP contribution in [0.5, 0.6) is 5.75 Å². The van der Waals surface area contributed by atoms with Crippen molar-refractivity contribution in [2.45, 2.75) is 6.42 Å². The molecule has 1 aromatic heterocycles. The van der Waals surface area contributed by atoms with Crippen molar-refractivity contribution in [2.24, 2.45) is 0 Å². The van der Waals surface area contributed by atoms with Gasteiger partial charge in [0.1, 0.15) is 29.2 Å². The Hall–Kier alpha value is -2.89. The third-order valence-electron chi connectivity index (χ3n) is 4.83. The molecule has 0 N–H and O–H groups in total. The zero-order chi connectivity index (χ0) is 17.9. The maximum atomic E-state index is 14.0. The lowest BCUT2D eigenvalue weighted by Gasteiger charge is -2.25. The summed E-state index contributed by atoms with van der Waals surface area (Å²) >= 11 is 0. The van der Waals surface area contributed by atoms with Gasteiger partial charge in [0, 0.05) is 37.3 Å². The van der Waals surface area contributed by atoms with Crippen molar-refractivity contribution in [3.8, 4) is 5.75 Å². The number of para-hydroxylation sites is 1. The Bertz CT molecular complexity index is 900. The molecular weight excluding hydrogens is 331 g/mol. The largest absolute Gasteiger partial charge is 0.497 e. The summed E-state index contributed by atoms with van der Waals surface area (Å²) in [4.78, 5) is 13.1. The van der Waals surface area contributed by atoms with Gasteiger partial charge in [0.15, 0.2) is 0 Å². The Balaban J connectivity index is 1.56. The van der Waals surface area contributed by atoms with Gasteiger partial charge in [0.2, 0.25) is 0 Å². The minimum atomic E-state index is -0.305. The quantitative estimate of drug-likeness (QED) is 0.722. The molecule has 0 radical (unpaired) electrons. The normalized spacial score (nSPS) is 15.2. The third kappa shape index (κ3) is 3.14. The standard InChI is InChI=1S/C20H21FN4O/c1-26-16-8-6-15(7-9-16)24-10-3-11-25(13-12-24)20-17-4-2-5-18(21)19(17)22-14-23-20/h2,4-9,14H,3,10-13H2,1H3. The summed E-state index contributed by atoms with van der Waals surface area (Å²) in [6.45, 7) is 3.57. The highest BCUT2D eigenvalue weighted by Crippen LogP contribution is 2.26. The van der Waals surface area contributed by atoms with E-state index in [2.05, 4.69) is 31.9 Å². The van der Waals surface area contributed by atoms with Gasteiger partial charge in [-0.15, -0.1) is 0 Å². The molecule has 0 unspecified atom stereocenters. The monoisotopic (exact) mass is 352 g/mol. The van der Waals surface area contributed by atoms with Crippen LogP contribution in [0.4, 0.5) is 15.9 Å². The van der Waals surface area contributed by atoms with Crippen LogP contribution in [0, 0.1) is 5.82 Å². The molecule has 5 nitrogen and oxygen atoms in total. The molecule has 0 bridgehead atoms. The summed E-state index contributed by atoms with van der Waals surface area (Å²) < 4.78 is 19.3. The Labute approximate surface area is 152 Å². The van der Waals surface area contributed by atoms with Gasteiger partial charge in [-0.2, -0.15) is 0 Å². The maximum Gasteiger partial charge on any atom is 0.149 e. The lowest BCUT2D eigenvalue weighted by Crippen LogP contribution is -2.31. The summed E-state index contributed by atoms with van der Waals surface area (Å²) in [6.07, 6.45) is 2.46. The average Bonchev–Trinajstić information content (AvgIpc) is 2.94. The maximum absolute atomic E-state index is 14.0. The molecule has 0 atom stereocenters. The van der Waals surface area contributed by atoms with Crippen molar-refractivity contribution >= 4 is 22.4 Å². The molecule has 1 saturated heterocycles. The van der Waals surface area contributed by atoms with Crippen LogP contribution < -0.4 is 14.5 Å². The molecule has 1 aliphatic rings. The molecule has 0 amide bonds. The van der Waals surface area contributed by atoms with E-state index in [-0.39, 0.29) is 5.82 Å². The van der Waals surface area contributed by atoms with E-state index in [0.29, 0.717) is 5.52 Å². The van der Waals surface area contributed by atoms with Gasteiger partial charge < -0.3 is 14.5 Å². The summed E-state index contributed by atoms with van der Waals surface area (Å²) in [7, 11) is 1.67. The Morgan fingerprint density at radius 3 is 2.50 bits per heavy atom. The predicted molar refractivity (Wildman–Crippen MR) is 102 cm³/mol. The third-order valence-corrected chi connectivity index (χ3v) is 4.83. The van der Waals surface area contributed by atoms with Crippen LogP contribution in [0.15, 0.2) is 48.8 Å². The number of anilines is 2. The molecule has 4 rings (SSSR count). The summed E-state index contributed by atoms with van der Waals surface area (Å²) in [5.41, 5.74) is 1.57. The minimum absolute atomic E-state index is 0.305. The van der Waals surface area contributed by atoms with E-state index in [4.69, 9.17) is 4.74 Å². The van der Waals surface area contributed by atoms with Crippen molar-refractivity contribution in [1.29, 1.82) is 0 Å². The van der Waals surface area contributed by atoms with Crippen LogP contribution in [0.2, 0.25) is 0 Å². The van der Waals surface area contributed by atoms with E-state index in [1.165, 1.54) is 18.1 Å². The Morgan fingerprint density at radius 1 is 0.923 bits per heavy atom. The summed E-state index contributed by atoms with van der Waals surface area (Å²) in [6, 6.07) is 13.2. The van der Waals surface area contributed by atoms with Crippen LogP contribution in [0.3, 0.4) is 0 Å². The second-order valence-electron chi connectivity index (χ2n) is 6.36. The van der Waals surface area contributed by atoms with Gasteiger partial charge in [0.05, 0.1) is 7.11 Å². The highest BCUT2D eigenvalue weighted by molar-refractivity contribution is 5.89. The lowest BCUT2D eigenvalue weighted by atomic mass is 10.2. The molecule has 2 aromatic carbocycles. The Morgan fingerprint density at radius 2 is 1.69 bits per heavy atom. The van der Waals surface area contributed by atoms with Crippen molar-refractivity contribution in [3.63, 3.8) is 0 Å². The molecular formula is C20H21FN4O. The first-order valence-corrected chi connectivity index (χ1v) is 8.79. The van der Waals surface area contributed by atoms with Crippen molar-refractivity contribution < 1.29 is 9.13 Å². The minimum Gasteiger partial charge on any atom is -0.497 e. The summed E-state index contributed by atoms with van der Waals surface area (Å²) in [5, 5.41) is 0.769. The fourth-order valence-electron chi connectivity index (χ4n) is 3.47. The number of aromatic nitrogens is 2. The number of nitrogens with zero attached hydrogens (tertiary/aromatic N) is 4. The molecule has 1 aliphatic heterocycles. The first-order valence-electron chi connectivity index (χ1n) is 8.79. The van der Waals surface area contributed by atoms with Crippen molar-refractivity contribution in [2.75, 3.05) is 43.1 Å². The van der Waals surface area contributed by atoms with Gasteiger partial charge in [-0.25, -0.2) is 14.4 Å². The fourth-order valence-corrected chi connectivity index (χ4v) is 3.47. The number of rotatable bonds is 3. The molecule has 0 saturated carbocycles. The first-order chi connectivity index (χ1) is 12.8. The average molecular weight is 352 g/mol. The van der Waals surface area contributed by atoms with Crippen LogP contribution in [-0.2, 0) is 0 Å². The van der Waals surface area contributed by atoms with E-state index in [9.17, 15) is 4.39 Å². The van der Waals surface area contributed by atoms with E-state index >= 15 is 0 Å². The van der Waals surface area contributed by atoms with Crippen LogP contribution in [0.1, 0.15) is 6.42 Å². The van der Waals surface area contributed by atoms with E-state index in [0.717, 1.165) is 49.6 Å². The van der Waals surface area contributed by atoms with E-state index in [1.807, 2.05) is 18.2 Å². The van der Waals surface area contributed by atoms with Crippen LogP contribution in [-0.4, -0.2) is 43.3 Å². The van der Waals surface area contributed by atoms with E-state index < -0.39 is 0 Å². The zero-order valence-electron chi connectivity index (χ0n) is 14.7.